The number of hydrogen-bond acceptors (Lipinski definition) is 2. The van der Waals surface area contributed by atoms with Crippen LogP contribution in [0.15, 0.2) is 0 Å². The molecular formula is C12H24N2. The van der Waals surface area contributed by atoms with Gasteiger partial charge in [-0.2, -0.15) is 5.26 Å². The van der Waals surface area contributed by atoms with Gasteiger partial charge in [-0.1, -0.05) is 26.7 Å². The number of nitriles is 1. The largest absolute Gasteiger partial charge is 0.300 e. The molecule has 0 aliphatic heterocycles. The summed E-state index contributed by atoms with van der Waals surface area (Å²) in [5.41, 5.74) is 0. The van der Waals surface area contributed by atoms with Gasteiger partial charge >= 0.3 is 0 Å². The minimum Gasteiger partial charge on any atom is -0.300 e. The Kier molecular flexibility index (Phi) is 7.51. The summed E-state index contributed by atoms with van der Waals surface area (Å²) in [6.07, 6.45) is 3.14. The van der Waals surface area contributed by atoms with Crippen molar-refractivity contribution in [3.63, 3.8) is 0 Å². The van der Waals surface area contributed by atoms with Crippen molar-refractivity contribution >= 4 is 0 Å². The molecule has 0 aromatic carbocycles. The molecule has 0 radical (unpaired) electrons. The van der Waals surface area contributed by atoms with E-state index in [4.69, 9.17) is 5.26 Å². The fraction of sp³-hybridized carbons (Fsp3) is 0.917. The maximum absolute atomic E-state index is 8.57. The number of hydrogen-bond donors (Lipinski definition) is 0. The molecule has 0 spiro atoms. The molecule has 0 aliphatic rings. The second kappa shape index (κ2) is 7.82. The molecule has 0 unspecified atom stereocenters. The van der Waals surface area contributed by atoms with Gasteiger partial charge in [-0.05, 0) is 19.8 Å². The Balaban J connectivity index is 4.01. The SMILES string of the molecule is CCC(CC)CN(CCC#N)C(C)C. The third kappa shape index (κ3) is 5.24. The average molecular weight is 196 g/mol. The van der Waals surface area contributed by atoms with E-state index in [2.05, 4.69) is 38.7 Å². The van der Waals surface area contributed by atoms with E-state index < -0.39 is 0 Å². The molecule has 0 rings (SSSR count). The number of nitrogens with zero attached hydrogens (tertiary/aromatic N) is 2. The van der Waals surface area contributed by atoms with E-state index in [9.17, 15) is 0 Å². The van der Waals surface area contributed by atoms with Crippen molar-refractivity contribution in [2.45, 2.75) is 53.0 Å². The molecule has 2 nitrogen and oxygen atoms in total. The zero-order valence-corrected chi connectivity index (χ0v) is 10.1. The zero-order valence-electron chi connectivity index (χ0n) is 10.1. The summed E-state index contributed by atoms with van der Waals surface area (Å²) in [7, 11) is 0. The highest BCUT2D eigenvalue weighted by Gasteiger charge is 2.13. The van der Waals surface area contributed by atoms with Crippen molar-refractivity contribution in [3.8, 4) is 6.07 Å². The van der Waals surface area contributed by atoms with Crippen LogP contribution in [0.25, 0.3) is 0 Å². The second-order valence-corrected chi connectivity index (χ2v) is 4.18. The van der Waals surface area contributed by atoms with Crippen molar-refractivity contribution < 1.29 is 0 Å². The van der Waals surface area contributed by atoms with Gasteiger partial charge in [-0.25, -0.2) is 0 Å². The predicted octanol–water partition coefficient (Wildman–Crippen LogP) is 3.05. The molecule has 0 amide bonds. The minimum absolute atomic E-state index is 0.559. The highest BCUT2D eigenvalue weighted by molar-refractivity contribution is 4.75. The fourth-order valence-electron chi connectivity index (χ4n) is 1.63. The van der Waals surface area contributed by atoms with Crippen LogP contribution < -0.4 is 0 Å². The molecule has 0 N–H and O–H groups in total. The lowest BCUT2D eigenvalue weighted by molar-refractivity contribution is 0.186. The molecule has 0 saturated heterocycles. The van der Waals surface area contributed by atoms with Crippen molar-refractivity contribution in [1.29, 1.82) is 5.26 Å². The smallest absolute Gasteiger partial charge is 0.0635 e. The normalized spacial score (nSPS) is 11.3. The highest BCUT2D eigenvalue weighted by atomic mass is 15.1. The molecule has 0 bridgehead atoms. The van der Waals surface area contributed by atoms with Crippen LogP contribution in [-0.2, 0) is 0 Å². The summed E-state index contributed by atoms with van der Waals surface area (Å²) < 4.78 is 0. The minimum atomic E-state index is 0.559. The van der Waals surface area contributed by atoms with Crippen molar-refractivity contribution in [2.75, 3.05) is 13.1 Å². The van der Waals surface area contributed by atoms with Gasteiger partial charge < -0.3 is 0 Å². The van der Waals surface area contributed by atoms with Crippen LogP contribution in [0, 0.1) is 17.2 Å². The van der Waals surface area contributed by atoms with E-state index in [1.54, 1.807) is 0 Å². The maximum atomic E-state index is 8.57. The summed E-state index contributed by atoms with van der Waals surface area (Å²) in [5.74, 6) is 0.788. The molecule has 0 atom stereocenters. The van der Waals surface area contributed by atoms with Crippen molar-refractivity contribution in [3.05, 3.63) is 0 Å². The van der Waals surface area contributed by atoms with Crippen LogP contribution >= 0.6 is 0 Å². The van der Waals surface area contributed by atoms with Crippen LogP contribution in [-0.4, -0.2) is 24.0 Å². The first-order valence-electron chi connectivity index (χ1n) is 5.76. The lowest BCUT2D eigenvalue weighted by Crippen LogP contribution is -2.35. The van der Waals surface area contributed by atoms with Gasteiger partial charge in [-0.3, -0.25) is 4.90 Å². The molecule has 0 saturated carbocycles. The van der Waals surface area contributed by atoms with Crippen LogP contribution in [0.4, 0.5) is 0 Å². The molecule has 2 heteroatoms. The van der Waals surface area contributed by atoms with E-state index >= 15 is 0 Å². The Bertz CT molecular complexity index is 166. The van der Waals surface area contributed by atoms with Gasteiger partial charge in [0.05, 0.1) is 6.07 Å². The predicted molar refractivity (Wildman–Crippen MR) is 61.0 cm³/mol. The molecule has 0 aromatic rings. The van der Waals surface area contributed by atoms with Crippen molar-refractivity contribution in [1.82, 2.24) is 4.90 Å². The first kappa shape index (κ1) is 13.4. The second-order valence-electron chi connectivity index (χ2n) is 4.18. The van der Waals surface area contributed by atoms with Gasteiger partial charge in [0.15, 0.2) is 0 Å². The monoisotopic (exact) mass is 196 g/mol. The molecular weight excluding hydrogens is 172 g/mol. The van der Waals surface area contributed by atoms with Crippen molar-refractivity contribution in [2.24, 2.45) is 5.92 Å². The zero-order chi connectivity index (χ0) is 11.0. The lowest BCUT2D eigenvalue weighted by atomic mass is 10.0. The fourth-order valence-corrected chi connectivity index (χ4v) is 1.63. The van der Waals surface area contributed by atoms with Gasteiger partial charge in [0.2, 0.25) is 0 Å². The Morgan fingerprint density at radius 3 is 2.14 bits per heavy atom. The first-order valence-corrected chi connectivity index (χ1v) is 5.76. The van der Waals surface area contributed by atoms with Gasteiger partial charge in [-0.15, -0.1) is 0 Å². The number of rotatable bonds is 7. The Labute approximate surface area is 88.9 Å². The van der Waals surface area contributed by atoms with E-state index in [0.29, 0.717) is 12.5 Å². The quantitative estimate of drug-likeness (QED) is 0.626. The maximum Gasteiger partial charge on any atom is 0.0635 e. The van der Waals surface area contributed by atoms with E-state index in [1.165, 1.54) is 12.8 Å². The summed E-state index contributed by atoms with van der Waals surface area (Å²) in [6, 6.07) is 2.78. The third-order valence-corrected chi connectivity index (χ3v) is 2.89. The molecule has 0 aliphatic carbocycles. The van der Waals surface area contributed by atoms with E-state index in [0.717, 1.165) is 19.0 Å². The molecule has 0 fully saturated rings. The van der Waals surface area contributed by atoms with E-state index in [-0.39, 0.29) is 0 Å². The standard InChI is InChI=1S/C12H24N2/c1-5-12(6-2)10-14(11(3)4)9-7-8-13/h11-12H,5-7,9-10H2,1-4H3. The summed E-state index contributed by atoms with van der Waals surface area (Å²) in [6.45, 7) is 11.0. The molecule has 82 valence electrons. The topological polar surface area (TPSA) is 27.0 Å². The van der Waals surface area contributed by atoms with Gasteiger partial charge in [0.1, 0.15) is 0 Å². The average Bonchev–Trinajstić information content (AvgIpc) is 2.18. The third-order valence-electron chi connectivity index (χ3n) is 2.89. The van der Waals surface area contributed by atoms with E-state index in [1.807, 2.05) is 0 Å². The Morgan fingerprint density at radius 1 is 1.21 bits per heavy atom. The Morgan fingerprint density at radius 2 is 1.79 bits per heavy atom. The van der Waals surface area contributed by atoms with Crippen LogP contribution in [0.3, 0.4) is 0 Å². The molecule has 0 heterocycles. The Hall–Kier alpha value is -0.550. The molecule has 14 heavy (non-hydrogen) atoms. The van der Waals surface area contributed by atoms with Crippen LogP contribution in [0.1, 0.15) is 47.0 Å². The first-order chi connectivity index (χ1) is 6.65. The van der Waals surface area contributed by atoms with Crippen LogP contribution in [0.2, 0.25) is 0 Å². The summed E-state index contributed by atoms with van der Waals surface area (Å²) >= 11 is 0. The van der Waals surface area contributed by atoms with Gasteiger partial charge in [0.25, 0.3) is 0 Å². The van der Waals surface area contributed by atoms with Gasteiger partial charge in [0, 0.05) is 25.6 Å². The summed E-state index contributed by atoms with van der Waals surface area (Å²) in [4.78, 5) is 2.42. The van der Waals surface area contributed by atoms with Crippen LogP contribution in [0.5, 0.6) is 0 Å². The highest BCUT2D eigenvalue weighted by Crippen LogP contribution is 2.12. The lowest BCUT2D eigenvalue weighted by Gasteiger charge is -2.29. The molecule has 0 aromatic heterocycles. The summed E-state index contributed by atoms with van der Waals surface area (Å²) in [5, 5.41) is 8.57.